The first kappa shape index (κ1) is 24.1. The number of nitrogens with one attached hydrogen (secondary N) is 2. The lowest BCUT2D eigenvalue weighted by Gasteiger charge is -2.28. The summed E-state index contributed by atoms with van der Waals surface area (Å²) in [6.07, 6.45) is 3.23. The van der Waals surface area contributed by atoms with Crippen molar-refractivity contribution in [2.24, 2.45) is 0 Å². The van der Waals surface area contributed by atoms with Crippen LogP contribution in [0.4, 0.5) is 5.69 Å². The highest BCUT2D eigenvalue weighted by molar-refractivity contribution is 5.96. The number of amides is 1. The van der Waals surface area contributed by atoms with Crippen molar-refractivity contribution in [3.8, 4) is 11.5 Å². The summed E-state index contributed by atoms with van der Waals surface area (Å²) in [5.41, 5.74) is 2.74. The van der Waals surface area contributed by atoms with E-state index in [0.717, 1.165) is 24.8 Å². The van der Waals surface area contributed by atoms with Crippen molar-refractivity contribution >= 4 is 11.6 Å². The zero-order valence-electron chi connectivity index (χ0n) is 19.4. The molecule has 1 unspecified atom stereocenters. The number of β-amino-alcohol motifs (C(OH)–C–C–N with tert-alkyl or cyclic N) is 1. The van der Waals surface area contributed by atoms with Crippen LogP contribution in [0.1, 0.15) is 51.2 Å². The molecule has 32 heavy (non-hydrogen) atoms. The maximum absolute atomic E-state index is 11.9. The van der Waals surface area contributed by atoms with Gasteiger partial charge < -0.3 is 25.2 Å². The van der Waals surface area contributed by atoms with E-state index < -0.39 is 6.10 Å². The summed E-state index contributed by atoms with van der Waals surface area (Å²) in [4.78, 5) is 11.9. The SMILES string of the molecule is CCCCOc1ccc(OCC(O)CNC(C)(C)Cc2ccccc2)c2c1NC(=O)CC2. The van der Waals surface area contributed by atoms with E-state index in [1.165, 1.54) is 5.56 Å². The van der Waals surface area contributed by atoms with E-state index in [1.807, 2.05) is 30.3 Å². The third-order valence-electron chi connectivity index (χ3n) is 5.59. The van der Waals surface area contributed by atoms with E-state index in [0.29, 0.717) is 43.2 Å². The standard InChI is InChI=1S/C26H36N2O4/c1-4-5-15-31-23-13-12-22(21-11-14-24(30)28-25(21)23)32-18-20(29)17-27-26(2,3)16-19-9-7-6-8-10-19/h6-10,12-13,20,27,29H,4-5,11,14-18H2,1-3H3,(H,28,30). The van der Waals surface area contributed by atoms with Crippen molar-refractivity contribution in [1.29, 1.82) is 0 Å². The Bertz CT molecular complexity index is 883. The fourth-order valence-corrected chi connectivity index (χ4v) is 3.82. The molecule has 6 nitrogen and oxygen atoms in total. The van der Waals surface area contributed by atoms with Crippen LogP contribution in [0.2, 0.25) is 0 Å². The number of ether oxygens (including phenoxy) is 2. The van der Waals surface area contributed by atoms with Gasteiger partial charge in [-0.1, -0.05) is 43.7 Å². The lowest BCUT2D eigenvalue weighted by atomic mass is 9.95. The zero-order valence-corrected chi connectivity index (χ0v) is 19.4. The van der Waals surface area contributed by atoms with Gasteiger partial charge in [-0.2, -0.15) is 0 Å². The molecule has 0 aromatic heterocycles. The summed E-state index contributed by atoms with van der Waals surface area (Å²) in [5, 5.41) is 16.9. The molecule has 3 rings (SSSR count). The number of hydrogen-bond donors (Lipinski definition) is 3. The first-order valence-corrected chi connectivity index (χ1v) is 11.6. The molecule has 6 heteroatoms. The van der Waals surface area contributed by atoms with Gasteiger partial charge in [0, 0.05) is 24.1 Å². The molecule has 0 saturated heterocycles. The summed E-state index contributed by atoms with van der Waals surface area (Å²) in [6.45, 7) is 7.58. The molecule has 3 N–H and O–H groups in total. The minimum absolute atomic E-state index is 0.0140. The molecule has 1 aliphatic heterocycles. The van der Waals surface area contributed by atoms with Gasteiger partial charge in [-0.3, -0.25) is 4.79 Å². The topological polar surface area (TPSA) is 79.8 Å². The van der Waals surface area contributed by atoms with Gasteiger partial charge in [0.1, 0.15) is 24.2 Å². The minimum Gasteiger partial charge on any atom is -0.491 e. The van der Waals surface area contributed by atoms with Crippen molar-refractivity contribution in [3.05, 3.63) is 53.6 Å². The monoisotopic (exact) mass is 440 g/mol. The van der Waals surface area contributed by atoms with Gasteiger partial charge >= 0.3 is 0 Å². The van der Waals surface area contributed by atoms with Crippen molar-refractivity contribution in [1.82, 2.24) is 5.32 Å². The van der Waals surface area contributed by atoms with E-state index in [2.05, 4.69) is 43.5 Å². The number of rotatable bonds is 12. The highest BCUT2D eigenvalue weighted by atomic mass is 16.5. The first-order chi connectivity index (χ1) is 15.4. The Labute approximate surface area is 191 Å². The zero-order chi connectivity index (χ0) is 23.0. The van der Waals surface area contributed by atoms with Gasteiger partial charge in [-0.25, -0.2) is 0 Å². The number of benzene rings is 2. The number of fused-ring (bicyclic) bond motifs is 1. The Balaban J connectivity index is 1.56. The molecule has 0 spiro atoms. The Hall–Kier alpha value is -2.57. The summed E-state index contributed by atoms with van der Waals surface area (Å²) in [7, 11) is 0. The summed E-state index contributed by atoms with van der Waals surface area (Å²) in [6, 6.07) is 14.0. The normalized spacial score (nSPS) is 14.4. The molecule has 0 aliphatic carbocycles. The maximum Gasteiger partial charge on any atom is 0.224 e. The van der Waals surface area contributed by atoms with Crippen LogP contribution in [-0.4, -0.2) is 42.4 Å². The molecule has 1 atom stereocenters. The number of carbonyl (C=O) groups excluding carboxylic acids is 1. The number of aliphatic hydroxyl groups excluding tert-OH is 1. The minimum atomic E-state index is -0.653. The molecule has 0 saturated carbocycles. The van der Waals surface area contributed by atoms with Crippen LogP contribution < -0.4 is 20.1 Å². The van der Waals surface area contributed by atoms with Crippen molar-refractivity contribution in [3.63, 3.8) is 0 Å². The van der Waals surface area contributed by atoms with Crippen molar-refractivity contribution in [2.75, 3.05) is 25.1 Å². The third kappa shape index (κ3) is 6.97. The third-order valence-corrected chi connectivity index (χ3v) is 5.59. The van der Waals surface area contributed by atoms with Gasteiger partial charge in [0.05, 0.1) is 12.3 Å². The second-order valence-electron chi connectivity index (χ2n) is 9.06. The lowest BCUT2D eigenvalue weighted by molar-refractivity contribution is -0.116. The molecule has 2 aromatic rings. The molecule has 0 radical (unpaired) electrons. The number of unbranched alkanes of at least 4 members (excludes halogenated alkanes) is 1. The van der Waals surface area contributed by atoms with Crippen LogP contribution in [0.15, 0.2) is 42.5 Å². The van der Waals surface area contributed by atoms with E-state index in [9.17, 15) is 9.90 Å². The average molecular weight is 441 g/mol. The van der Waals surface area contributed by atoms with Gasteiger partial charge in [-0.15, -0.1) is 0 Å². The second kappa shape index (κ2) is 11.3. The molecule has 1 heterocycles. The predicted molar refractivity (Wildman–Crippen MR) is 128 cm³/mol. The molecular weight excluding hydrogens is 404 g/mol. The fourth-order valence-electron chi connectivity index (χ4n) is 3.82. The van der Waals surface area contributed by atoms with Crippen LogP contribution in [0.5, 0.6) is 11.5 Å². The van der Waals surface area contributed by atoms with Crippen LogP contribution >= 0.6 is 0 Å². The fraction of sp³-hybridized carbons (Fsp3) is 0.500. The summed E-state index contributed by atoms with van der Waals surface area (Å²) in [5.74, 6) is 1.35. The van der Waals surface area contributed by atoms with Gasteiger partial charge in [0.25, 0.3) is 0 Å². The summed E-state index contributed by atoms with van der Waals surface area (Å²) >= 11 is 0. The first-order valence-electron chi connectivity index (χ1n) is 11.6. The van der Waals surface area contributed by atoms with E-state index in [4.69, 9.17) is 9.47 Å². The van der Waals surface area contributed by atoms with Gasteiger partial charge in [-0.05, 0) is 50.8 Å². The molecule has 2 aromatic carbocycles. The van der Waals surface area contributed by atoms with Crippen molar-refractivity contribution < 1.29 is 19.4 Å². The molecule has 0 bridgehead atoms. The second-order valence-corrected chi connectivity index (χ2v) is 9.06. The Kier molecular flexibility index (Phi) is 8.53. The van der Waals surface area contributed by atoms with Gasteiger partial charge in [0.2, 0.25) is 5.91 Å². The van der Waals surface area contributed by atoms with Crippen LogP contribution in [0.3, 0.4) is 0 Å². The number of carbonyl (C=O) groups is 1. The molecule has 1 amide bonds. The Morgan fingerprint density at radius 1 is 1.09 bits per heavy atom. The summed E-state index contributed by atoms with van der Waals surface area (Å²) < 4.78 is 11.8. The molecule has 1 aliphatic rings. The number of aliphatic hydroxyl groups is 1. The largest absolute Gasteiger partial charge is 0.491 e. The van der Waals surface area contributed by atoms with Crippen LogP contribution in [0, 0.1) is 0 Å². The van der Waals surface area contributed by atoms with Gasteiger partial charge in [0.15, 0.2) is 0 Å². The molecular formula is C26H36N2O4. The molecule has 174 valence electrons. The molecule has 0 fully saturated rings. The van der Waals surface area contributed by atoms with E-state index >= 15 is 0 Å². The quantitative estimate of drug-likeness (QED) is 0.433. The average Bonchev–Trinajstić information content (AvgIpc) is 2.77. The highest BCUT2D eigenvalue weighted by Gasteiger charge is 2.24. The van der Waals surface area contributed by atoms with Crippen molar-refractivity contribution in [2.45, 2.75) is 64.5 Å². The lowest BCUT2D eigenvalue weighted by Crippen LogP contribution is -2.46. The highest BCUT2D eigenvalue weighted by Crippen LogP contribution is 2.39. The number of anilines is 1. The number of hydrogen-bond acceptors (Lipinski definition) is 5. The Morgan fingerprint density at radius 3 is 2.59 bits per heavy atom. The Morgan fingerprint density at radius 2 is 1.84 bits per heavy atom. The van der Waals surface area contributed by atoms with E-state index in [1.54, 1.807) is 0 Å². The smallest absolute Gasteiger partial charge is 0.224 e. The van der Waals surface area contributed by atoms with E-state index in [-0.39, 0.29) is 18.1 Å². The van der Waals surface area contributed by atoms with Crippen LogP contribution in [0.25, 0.3) is 0 Å². The predicted octanol–water partition coefficient (Wildman–Crippen LogP) is 4.10. The maximum atomic E-state index is 11.9. The van der Waals surface area contributed by atoms with Crippen LogP contribution in [-0.2, 0) is 17.6 Å².